The van der Waals surface area contributed by atoms with Gasteiger partial charge in [0.05, 0.1) is 12.4 Å². The van der Waals surface area contributed by atoms with Gasteiger partial charge in [0, 0.05) is 23.7 Å². The molecule has 16 heavy (non-hydrogen) atoms. The predicted octanol–water partition coefficient (Wildman–Crippen LogP) is 1.55. The molecular weight excluding hydrogens is 202 g/mol. The van der Waals surface area contributed by atoms with E-state index in [0.29, 0.717) is 6.42 Å². The number of Topliss-reactive ketones (excluding diaryl/α,β-unsaturated/α-hetero) is 1. The molecule has 1 aromatic heterocycles. The van der Waals surface area contributed by atoms with Crippen molar-refractivity contribution in [3.63, 3.8) is 0 Å². The van der Waals surface area contributed by atoms with E-state index in [0.717, 1.165) is 12.2 Å². The van der Waals surface area contributed by atoms with Gasteiger partial charge in [0.2, 0.25) is 0 Å². The van der Waals surface area contributed by atoms with E-state index >= 15 is 0 Å². The van der Waals surface area contributed by atoms with Crippen LogP contribution in [0.5, 0.6) is 0 Å². The Balaban J connectivity index is 2.71. The van der Waals surface area contributed by atoms with Gasteiger partial charge in [-0.05, 0) is 6.54 Å². The second-order valence-corrected chi connectivity index (χ2v) is 5.01. The number of hydrogen-bond acceptors (Lipinski definition) is 3. The Bertz CT molecular complexity index is 325. The zero-order valence-electron chi connectivity index (χ0n) is 10.5. The Morgan fingerprint density at radius 1 is 1.56 bits per heavy atom. The lowest BCUT2D eigenvalue weighted by Crippen LogP contribution is -2.44. The summed E-state index contributed by atoms with van der Waals surface area (Å²) in [4.78, 5) is 19.2. The van der Waals surface area contributed by atoms with Gasteiger partial charge in [-0.3, -0.25) is 4.79 Å². The van der Waals surface area contributed by atoms with Crippen LogP contribution in [0.15, 0.2) is 12.5 Å². The number of nitrogens with one attached hydrogen (secondary N) is 2. The number of hydrogen-bond donors (Lipinski definition) is 2. The summed E-state index contributed by atoms with van der Waals surface area (Å²) in [5.74, 6) is 0.240. The highest BCUT2D eigenvalue weighted by atomic mass is 16.1. The molecule has 0 fully saturated rings. The molecule has 1 heterocycles. The van der Waals surface area contributed by atoms with Gasteiger partial charge in [-0.1, -0.05) is 27.7 Å². The number of H-pyrrole nitrogens is 1. The fourth-order valence-electron chi connectivity index (χ4n) is 1.64. The summed E-state index contributed by atoms with van der Waals surface area (Å²) in [5, 5.41) is 3.23. The molecule has 1 rings (SSSR count). The first kappa shape index (κ1) is 12.9. The van der Waals surface area contributed by atoms with Gasteiger partial charge in [-0.2, -0.15) is 0 Å². The van der Waals surface area contributed by atoms with Gasteiger partial charge in [0.25, 0.3) is 0 Å². The minimum absolute atomic E-state index is 0.134. The first-order valence-electron chi connectivity index (χ1n) is 5.70. The van der Waals surface area contributed by atoms with Gasteiger partial charge in [0.1, 0.15) is 0 Å². The average molecular weight is 223 g/mol. The molecular formula is C12H21N3O. The van der Waals surface area contributed by atoms with E-state index in [1.165, 1.54) is 0 Å². The predicted molar refractivity (Wildman–Crippen MR) is 64.2 cm³/mol. The van der Waals surface area contributed by atoms with Crippen LogP contribution >= 0.6 is 0 Å². The molecule has 0 radical (unpaired) electrons. The molecule has 0 spiro atoms. The van der Waals surface area contributed by atoms with Crippen LogP contribution in [0.25, 0.3) is 0 Å². The van der Waals surface area contributed by atoms with E-state index in [2.05, 4.69) is 15.3 Å². The van der Waals surface area contributed by atoms with E-state index < -0.39 is 0 Å². The molecule has 1 atom stereocenters. The molecule has 0 bridgehead atoms. The fraction of sp³-hybridized carbons (Fsp3) is 0.667. The SMILES string of the molecule is CCNC(Cc1cnc[nH]1)C(=O)C(C)(C)C. The number of ketones is 1. The van der Waals surface area contributed by atoms with E-state index in [9.17, 15) is 4.79 Å². The average Bonchev–Trinajstić information content (AvgIpc) is 2.67. The number of aromatic nitrogens is 2. The van der Waals surface area contributed by atoms with Crippen molar-refractivity contribution in [2.75, 3.05) is 6.54 Å². The molecule has 0 saturated carbocycles. The summed E-state index contributed by atoms with van der Waals surface area (Å²) in [6, 6.07) is -0.134. The Morgan fingerprint density at radius 2 is 2.25 bits per heavy atom. The normalized spacial score (nSPS) is 13.8. The standard InChI is InChI=1S/C12H21N3O/c1-5-14-10(11(16)12(2,3)4)6-9-7-13-8-15-9/h7-8,10,14H,5-6H2,1-4H3,(H,13,15). The van der Waals surface area contributed by atoms with E-state index in [4.69, 9.17) is 0 Å². The molecule has 0 aliphatic carbocycles. The van der Waals surface area contributed by atoms with Crippen molar-refractivity contribution in [1.82, 2.24) is 15.3 Å². The maximum Gasteiger partial charge on any atom is 0.155 e. The van der Waals surface area contributed by atoms with Crippen LogP contribution in [0.1, 0.15) is 33.4 Å². The molecule has 4 heteroatoms. The van der Waals surface area contributed by atoms with Gasteiger partial charge >= 0.3 is 0 Å². The molecule has 0 amide bonds. The minimum atomic E-state index is -0.313. The van der Waals surface area contributed by atoms with Crippen LogP contribution in [-0.2, 0) is 11.2 Å². The number of carbonyl (C=O) groups excluding carboxylic acids is 1. The zero-order chi connectivity index (χ0) is 12.2. The highest BCUT2D eigenvalue weighted by Crippen LogP contribution is 2.18. The number of imidazole rings is 1. The minimum Gasteiger partial charge on any atom is -0.348 e. The van der Waals surface area contributed by atoms with Crippen molar-refractivity contribution in [3.8, 4) is 0 Å². The van der Waals surface area contributed by atoms with Crippen molar-refractivity contribution in [1.29, 1.82) is 0 Å². The lowest BCUT2D eigenvalue weighted by molar-refractivity contribution is -0.128. The zero-order valence-corrected chi connectivity index (χ0v) is 10.5. The van der Waals surface area contributed by atoms with Crippen LogP contribution in [0.4, 0.5) is 0 Å². The van der Waals surface area contributed by atoms with Crippen LogP contribution in [0, 0.1) is 5.41 Å². The second kappa shape index (κ2) is 5.25. The molecule has 2 N–H and O–H groups in total. The molecule has 0 aliphatic heterocycles. The maximum absolute atomic E-state index is 12.2. The summed E-state index contributed by atoms with van der Waals surface area (Å²) in [7, 11) is 0. The van der Waals surface area contributed by atoms with E-state index in [1.54, 1.807) is 12.5 Å². The molecule has 1 aromatic rings. The van der Waals surface area contributed by atoms with Gasteiger partial charge in [-0.25, -0.2) is 4.98 Å². The summed E-state index contributed by atoms with van der Waals surface area (Å²) in [5.41, 5.74) is 0.677. The number of rotatable bonds is 5. The van der Waals surface area contributed by atoms with Crippen molar-refractivity contribution >= 4 is 5.78 Å². The largest absolute Gasteiger partial charge is 0.348 e. The van der Waals surface area contributed by atoms with Crippen molar-refractivity contribution in [2.45, 2.75) is 40.2 Å². The first-order chi connectivity index (χ1) is 7.45. The monoisotopic (exact) mass is 223 g/mol. The smallest absolute Gasteiger partial charge is 0.155 e. The van der Waals surface area contributed by atoms with Crippen LogP contribution in [0.3, 0.4) is 0 Å². The summed E-state index contributed by atoms with van der Waals surface area (Å²) in [6.45, 7) is 8.66. The topological polar surface area (TPSA) is 57.8 Å². The third-order valence-corrected chi connectivity index (χ3v) is 2.49. The van der Waals surface area contributed by atoms with Crippen molar-refractivity contribution in [3.05, 3.63) is 18.2 Å². The van der Waals surface area contributed by atoms with Crippen molar-refractivity contribution < 1.29 is 4.79 Å². The lowest BCUT2D eigenvalue weighted by Gasteiger charge is -2.24. The van der Waals surface area contributed by atoms with E-state index in [-0.39, 0.29) is 17.2 Å². The first-order valence-corrected chi connectivity index (χ1v) is 5.70. The third-order valence-electron chi connectivity index (χ3n) is 2.49. The Morgan fingerprint density at radius 3 is 2.69 bits per heavy atom. The van der Waals surface area contributed by atoms with Gasteiger partial charge < -0.3 is 10.3 Å². The number of aromatic amines is 1. The Kier molecular flexibility index (Phi) is 4.24. The molecule has 0 saturated heterocycles. The lowest BCUT2D eigenvalue weighted by atomic mass is 9.85. The van der Waals surface area contributed by atoms with Crippen LogP contribution in [-0.4, -0.2) is 28.3 Å². The Labute approximate surface area is 96.9 Å². The second-order valence-electron chi connectivity index (χ2n) is 5.01. The highest BCUT2D eigenvalue weighted by molar-refractivity contribution is 5.88. The Hall–Kier alpha value is -1.16. The van der Waals surface area contributed by atoms with E-state index in [1.807, 2.05) is 27.7 Å². The molecule has 1 unspecified atom stereocenters. The fourth-order valence-corrected chi connectivity index (χ4v) is 1.64. The van der Waals surface area contributed by atoms with Gasteiger partial charge in [-0.15, -0.1) is 0 Å². The van der Waals surface area contributed by atoms with Gasteiger partial charge in [0.15, 0.2) is 5.78 Å². The van der Waals surface area contributed by atoms with Crippen molar-refractivity contribution in [2.24, 2.45) is 5.41 Å². The quantitative estimate of drug-likeness (QED) is 0.796. The number of carbonyl (C=O) groups is 1. The summed E-state index contributed by atoms with van der Waals surface area (Å²) < 4.78 is 0. The molecule has 0 aliphatic rings. The summed E-state index contributed by atoms with van der Waals surface area (Å²) in [6.07, 6.45) is 4.07. The number of nitrogens with zero attached hydrogens (tertiary/aromatic N) is 1. The number of likely N-dealkylation sites (N-methyl/N-ethyl adjacent to an activating group) is 1. The third kappa shape index (κ3) is 3.45. The highest BCUT2D eigenvalue weighted by Gasteiger charge is 2.29. The maximum atomic E-state index is 12.2. The van der Waals surface area contributed by atoms with Crippen LogP contribution < -0.4 is 5.32 Å². The summed E-state index contributed by atoms with van der Waals surface area (Å²) >= 11 is 0. The molecule has 0 aromatic carbocycles. The molecule has 4 nitrogen and oxygen atoms in total. The molecule has 90 valence electrons. The van der Waals surface area contributed by atoms with Crippen LogP contribution in [0.2, 0.25) is 0 Å².